The van der Waals surface area contributed by atoms with Crippen LogP contribution in [0.25, 0.3) is 0 Å². The minimum absolute atomic E-state index is 0.385. The number of hydrogen-bond donors (Lipinski definition) is 0. The molecule has 1 aromatic carbocycles. The highest BCUT2D eigenvalue weighted by Gasteiger charge is 1.97. The van der Waals surface area contributed by atoms with Gasteiger partial charge in [-0.25, -0.2) is 4.98 Å². The molecule has 0 fully saturated rings. The number of aromatic nitrogens is 1. The summed E-state index contributed by atoms with van der Waals surface area (Å²) in [6.45, 7) is 0. The van der Waals surface area contributed by atoms with Gasteiger partial charge in [-0.3, -0.25) is 0 Å². The van der Waals surface area contributed by atoms with Crippen molar-refractivity contribution in [3.8, 4) is 17.6 Å². The van der Waals surface area contributed by atoms with Crippen molar-refractivity contribution in [3.63, 3.8) is 0 Å². The summed E-state index contributed by atoms with van der Waals surface area (Å²) in [5.74, 6) is 1.38. The fourth-order valence-electron chi connectivity index (χ4n) is 1.13. The van der Waals surface area contributed by atoms with Gasteiger partial charge < -0.3 is 4.74 Å². The average molecular weight is 196 g/mol. The fourth-order valence-corrected chi connectivity index (χ4v) is 1.13. The first-order chi connectivity index (χ1) is 7.38. The van der Waals surface area contributed by atoms with Gasteiger partial charge in [0.2, 0.25) is 0 Å². The number of ether oxygens (including phenoxy) is 1. The van der Waals surface area contributed by atoms with Crippen LogP contribution in [0.1, 0.15) is 5.69 Å². The molecule has 2 rings (SSSR count). The largest absolute Gasteiger partial charge is 0.456 e. The first kappa shape index (κ1) is 9.22. The Bertz CT molecular complexity index is 471. The highest BCUT2D eigenvalue weighted by Crippen LogP contribution is 2.19. The van der Waals surface area contributed by atoms with Crippen LogP contribution in [-0.2, 0) is 0 Å². The fraction of sp³-hybridized carbons (Fsp3) is 0. The van der Waals surface area contributed by atoms with Crippen molar-refractivity contribution in [1.29, 1.82) is 5.26 Å². The molecule has 3 nitrogen and oxygen atoms in total. The maximum Gasteiger partial charge on any atom is 0.145 e. The van der Waals surface area contributed by atoms with Crippen molar-refractivity contribution < 1.29 is 4.74 Å². The Labute approximate surface area is 87.6 Å². The van der Waals surface area contributed by atoms with Crippen molar-refractivity contribution in [2.45, 2.75) is 0 Å². The van der Waals surface area contributed by atoms with Gasteiger partial charge >= 0.3 is 0 Å². The van der Waals surface area contributed by atoms with Gasteiger partial charge in [-0.2, -0.15) is 5.26 Å². The number of pyridine rings is 1. The van der Waals surface area contributed by atoms with Gasteiger partial charge in [0.05, 0.1) is 6.20 Å². The van der Waals surface area contributed by atoms with Crippen LogP contribution in [-0.4, -0.2) is 4.98 Å². The number of rotatable bonds is 2. The van der Waals surface area contributed by atoms with Crippen LogP contribution in [0.2, 0.25) is 0 Å². The van der Waals surface area contributed by atoms with Gasteiger partial charge in [-0.1, -0.05) is 18.2 Å². The molecule has 0 aliphatic heterocycles. The molecule has 0 radical (unpaired) electrons. The summed E-state index contributed by atoms with van der Waals surface area (Å²) in [7, 11) is 0. The van der Waals surface area contributed by atoms with E-state index < -0.39 is 0 Å². The summed E-state index contributed by atoms with van der Waals surface area (Å²) in [6.07, 6.45) is 1.53. The molecule has 0 atom stereocenters. The number of para-hydroxylation sites is 1. The zero-order valence-electron chi connectivity index (χ0n) is 7.92. The quantitative estimate of drug-likeness (QED) is 0.741. The highest BCUT2D eigenvalue weighted by molar-refractivity contribution is 5.31. The third-order valence-electron chi connectivity index (χ3n) is 1.83. The molecule has 0 saturated carbocycles. The lowest BCUT2D eigenvalue weighted by atomic mass is 10.3. The first-order valence-corrected chi connectivity index (χ1v) is 4.47. The van der Waals surface area contributed by atoms with Crippen LogP contribution < -0.4 is 4.74 Å². The maximum absolute atomic E-state index is 8.56. The second kappa shape index (κ2) is 4.25. The third-order valence-corrected chi connectivity index (χ3v) is 1.83. The second-order valence-corrected chi connectivity index (χ2v) is 2.91. The molecule has 72 valence electrons. The van der Waals surface area contributed by atoms with Gasteiger partial charge in [0.15, 0.2) is 0 Å². The first-order valence-electron chi connectivity index (χ1n) is 4.47. The van der Waals surface area contributed by atoms with Gasteiger partial charge in [-0.05, 0) is 24.3 Å². The molecule has 3 heteroatoms. The molecule has 1 aromatic heterocycles. The van der Waals surface area contributed by atoms with Crippen molar-refractivity contribution in [3.05, 3.63) is 54.4 Å². The molecule has 0 aliphatic carbocycles. The van der Waals surface area contributed by atoms with E-state index >= 15 is 0 Å². The van der Waals surface area contributed by atoms with E-state index in [0.29, 0.717) is 11.4 Å². The summed E-state index contributed by atoms with van der Waals surface area (Å²) < 4.78 is 5.51. The Morgan fingerprint density at radius 1 is 1.00 bits per heavy atom. The molecule has 15 heavy (non-hydrogen) atoms. The Hall–Kier alpha value is -2.34. The number of nitrogens with zero attached hydrogens (tertiary/aromatic N) is 2. The van der Waals surface area contributed by atoms with E-state index in [1.165, 1.54) is 6.20 Å². The van der Waals surface area contributed by atoms with Crippen LogP contribution in [0.3, 0.4) is 0 Å². The molecule has 0 saturated heterocycles. The normalized spacial score (nSPS) is 9.27. The molecular weight excluding hydrogens is 188 g/mol. The van der Waals surface area contributed by atoms with Crippen LogP contribution in [0.4, 0.5) is 0 Å². The summed E-state index contributed by atoms with van der Waals surface area (Å²) in [6, 6.07) is 14.7. The summed E-state index contributed by atoms with van der Waals surface area (Å²) >= 11 is 0. The van der Waals surface area contributed by atoms with Crippen molar-refractivity contribution in [1.82, 2.24) is 4.98 Å². The molecule has 0 bridgehead atoms. The second-order valence-electron chi connectivity index (χ2n) is 2.91. The lowest BCUT2D eigenvalue weighted by Crippen LogP contribution is -1.86. The Morgan fingerprint density at radius 2 is 1.80 bits per heavy atom. The van der Waals surface area contributed by atoms with E-state index in [4.69, 9.17) is 10.00 Å². The number of benzene rings is 1. The van der Waals surface area contributed by atoms with E-state index in [9.17, 15) is 0 Å². The van der Waals surface area contributed by atoms with Crippen molar-refractivity contribution >= 4 is 0 Å². The number of hydrogen-bond acceptors (Lipinski definition) is 3. The predicted octanol–water partition coefficient (Wildman–Crippen LogP) is 2.75. The topological polar surface area (TPSA) is 45.9 Å². The van der Waals surface area contributed by atoms with Gasteiger partial charge in [0.1, 0.15) is 23.3 Å². The zero-order chi connectivity index (χ0) is 10.5. The number of nitriles is 1. The van der Waals surface area contributed by atoms with Crippen molar-refractivity contribution in [2.75, 3.05) is 0 Å². The van der Waals surface area contributed by atoms with Crippen LogP contribution in [0.15, 0.2) is 48.7 Å². The minimum Gasteiger partial charge on any atom is -0.456 e. The molecule has 0 amide bonds. The zero-order valence-corrected chi connectivity index (χ0v) is 7.92. The van der Waals surface area contributed by atoms with E-state index in [1.54, 1.807) is 12.1 Å². The van der Waals surface area contributed by atoms with E-state index in [0.717, 1.165) is 5.75 Å². The predicted molar refractivity (Wildman–Crippen MR) is 55.5 cm³/mol. The molecule has 0 N–H and O–H groups in total. The Balaban J connectivity index is 2.16. The molecule has 0 spiro atoms. The maximum atomic E-state index is 8.56. The molecule has 0 unspecified atom stereocenters. The van der Waals surface area contributed by atoms with Gasteiger partial charge in [0, 0.05) is 0 Å². The van der Waals surface area contributed by atoms with Gasteiger partial charge in [-0.15, -0.1) is 0 Å². The third kappa shape index (κ3) is 2.32. The molecule has 0 aliphatic rings. The standard InChI is InChI=1S/C12H8N2O/c13-8-10-6-7-12(9-14-10)15-11-4-2-1-3-5-11/h1-7,9H. The average Bonchev–Trinajstić information content (AvgIpc) is 2.31. The highest BCUT2D eigenvalue weighted by atomic mass is 16.5. The summed E-state index contributed by atoms with van der Waals surface area (Å²) in [5.41, 5.74) is 0.385. The monoisotopic (exact) mass is 196 g/mol. The Kier molecular flexibility index (Phi) is 2.61. The van der Waals surface area contributed by atoms with Crippen LogP contribution >= 0.6 is 0 Å². The molecule has 2 aromatic rings. The lowest BCUT2D eigenvalue weighted by Gasteiger charge is -2.03. The van der Waals surface area contributed by atoms with E-state index in [-0.39, 0.29) is 0 Å². The molecule has 1 heterocycles. The van der Waals surface area contributed by atoms with Gasteiger partial charge in [0.25, 0.3) is 0 Å². The van der Waals surface area contributed by atoms with Crippen LogP contribution in [0.5, 0.6) is 11.5 Å². The summed E-state index contributed by atoms with van der Waals surface area (Å²) in [4.78, 5) is 3.91. The summed E-state index contributed by atoms with van der Waals surface area (Å²) in [5, 5.41) is 8.56. The molecular formula is C12H8N2O. The smallest absolute Gasteiger partial charge is 0.145 e. The van der Waals surface area contributed by atoms with Crippen molar-refractivity contribution in [2.24, 2.45) is 0 Å². The van der Waals surface area contributed by atoms with E-state index in [2.05, 4.69) is 4.98 Å². The lowest BCUT2D eigenvalue weighted by molar-refractivity contribution is 0.480. The van der Waals surface area contributed by atoms with E-state index in [1.807, 2.05) is 36.4 Å². The minimum atomic E-state index is 0.385. The SMILES string of the molecule is N#Cc1ccc(Oc2ccccc2)cn1. The Morgan fingerprint density at radius 3 is 2.40 bits per heavy atom. The van der Waals surface area contributed by atoms with Crippen LogP contribution in [0, 0.1) is 11.3 Å².